The third-order valence-corrected chi connectivity index (χ3v) is 4.92. The maximum Gasteiger partial charge on any atom is 0.257 e. The molecule has 2 heterocycles. The van der Waals surface area contributed by atoms with Crippen molar-refractivity contribution in [3.63, 3.8) is 0 Å². The molecule has 6 heteroatoms. The number of halogens is 1. The number of amides is 1. The Morgan fingerprint density at radius 3 is 2.71 bits per heavy atom. The molecule has 0 unspecified atom stereocenters. The lowest BCUT2D eigenvalue weighted by molar-refractivity contribution is 0.0642. The number of hydrogen-bond donors (Lipinski definition) is 1. The Hall–Kier alpha value is -1.66. The van der Waals surface area contributed by atoms with Crippen LogP contribution < -0.4 is 5.32 Å². The molecule has 5 nitrogen and oxygen atoms in total. The molecule has 1 amide bonds. The van der Waals surface area contributed by atoms with Crippen molar-refractivity contribution < 1.29 is 4.79 Å². The molecule has 0 aliphatic carbocycles. The fraction of sp³-hybridized carbons (Fsp3) is 0.444. The van der Waals surface area contributed by atoms with Crippen LogP contribution in [-0.4, -0.2) is 46.3 Å². The summed E-state index contributed by atoms with van der Waals surface area (Å²) in [4.78, 5) is 15.0. The third-order valence-electron chi connectivity index (χ3n) is 4.40. The van der Waals surface area contributed by atoms with Crippen molar-refractivity contribution in [1.82, 2.24) is 20.0 Å². The Labute approximate surface area is 151 Å². The maximum atomic E-state index is 13.0. The van der Waals surface area contributed by atoms with Gasteiger partial charge in [-0.25, -0.2) is 4.68 Å². The van der Waals surface area contributed by atoms with Crippen LogP contribution in [0.4, 0.5) is 0 Å². The summed E-state index contributed by atoms with van der Waals surface area (Å²) >= 11 is 3.43. The SMILES string of the molecule is CCCN(C(=O)c1cnn(-c2ccc(Br)cc2)c1)C1CCNCC1. The van der Waals surface area contributed by atoms with Crippen LogP contribution in [0.5, 0.6) is 0 Å². The van der Waals surface area contributed by atoms with Crippen molar-refractivity contribution in [2.24, 2.45) is 0 Å². The van der Waals surface area contributed by atoms with Gasteiger partial charge in [0, 0.05) is 23.3 Å². The van der Waals surface area contributed by atoms with Gasteiger partial charge in [-0.1, -0.05) is 22.9 Å². The highest BCUT2D eigenvalue weighted by molar-refractivity contribution is 9.10. The minimum absolute atomic E-state index is 0.0899. The van der Waals surface area contributed by atoms with E-state index in [0.717, 1.165) is 49.1 Å². The van der Waals surface area contributed by atoms with Crippen LogP contribution >= 0.6 is 15.9 Å². The number of nitrogens with one attached hydrogen (secondary N) is 1. The average molecular weight is 391 g/mol. The van der Waals surface area contributed by atoms with E-state index in [1.165, 1.54) is 0 Å². The Morgan fingerprint density at radius 1 is 1.33 bits per heavy atom. The van der Waals surface area contributed by atoms with Crippen molar-refractivity contribution in [2.45, 2.75) is 32.2 Å². The lowest BCUT2D eigenvalue weighted by Crippen LogP contribution is -2.46. The molecule has 2 aromatic rings. The molecule has 0 radical (unpaired) electrons. The van der Waals surface area contributed by atoms with Gasteiger partial charge in [0.1, 0.15) is 0 Å². The minimum Gasteiger partial charge on any atom is -0.335 e. The summed E-state index contributed by atoms with van der Waals surface area (Å²) in [7, 11) is 0. The molecular weight excluding hydrogens is 368 g/mol. The second-order valence-corrected chi connectivity index (χ2v) is 7.05. The van der Waals surface area contributed by atoms with Crippen molar-refractivity contribution in [2.75, 3.05) is 19.6 Å². The molecule has 1 N–H and O–H groups in total. The highest BCUT2D eigenvalue weighted by Gasteiger charge is 2.26. The zero-order valence-electron chi connectivity index (χ0n) is 13.9. The third kappa shape index (κ3) is 3.87. The molecular formula is C18H23BrN4O. The number of hydrogen-bond acceptors (Lipinski definition) is 3. The predicted molar refractivity (Wildman–Crippen MR) is 98.5 cm³/mol. The second kappa shape index (κ2) is 7.94. The van der Waals surface area contributed by atoms with Crippen LogP contribution in [-0.2, 0) is 0 Å². The standard InChI is InChI=1S/C18H23BrN4O/c1-2-11-22(16-7-9-20-10-8-16)18(24)14-12-21-23(13-14)17-5-3-15(19)4-6-17/h3-6,12-13,16,20H,2,7-11H2,1H3. The van der Waals surface area contributed by atoms with E-state index in [-0.39, 0.29) is 5.91 Å². The molecule has 3 rings (SSSR count). The summed E-state index contributed by atoms with van der Waals surface area (Å²) in [5, 5.41) is 7.73. The normalized spacial score (nSPS) is 15.4. The van der Waals surface area contributed by atoms with Gasteiger partial charge < -0.3 is 10.2 Å². The van der Waals surface area contributed by atoms with Gasteiger partial charge in [-0.2, -0.15) is 5.10 Å². The van der Waals surface area contributed by atoms with Crippen molar-refractivity contribution >= 4 is 21.8 Å². The zero-order valence-corrected chi connectivity index (χ0v) is 15.5. The van der Waals surface area contributed by atoms with Gasteiger partial charge >= 0.3 is 0 Å². The molecule has 1 aliphatic heterocycles. The topological polar surface area (TPSA) is 50.2 Å². The molecule has 0 spiro atoms. The molecule has 1 aromatic carbocycles. The van der Waals surface area contributed by atoms with Crippen LogP contribution in [0.3, 0.4) is 0 Å². The van der Waals surface area contributed by atoms with Crippen LogP contribution in [0.15, 0.2) is 41.1 Å². The van der Waals surface area contributed by atoms with Crippen molar-refractivity contribution in [3.8, 4) is 5.69 Å². The summed E-state index contributed by atoms with van der Waals surface area (Å²) in [6.07, 6.45) is 6.51. The van der Waals surface area contributed by atoms with E-state index >= 15 is 0 Å². The first-order valence-electron chi connectivity index (χ1n) is 8.51. The number of aromatic nitrogens is 2. The Bertz CT molecular complexity index is 677. The quantitative estimate of drug-likeness (QED) is 0.852. The average Bonchev–Trinajstić information content (AvgIpc) is 3.10. The van der Waals surface area contributed by atoms with E-state index in [1.807, 2.05) is 35.4 Å². The first-order valence-corrected chi connectivity index (χ1v) is 9.30. The molecule has 0 saturated carbocycles. The second-order valence-electron chi connectivity index (χ2n) is 6.13. The van der Waals surface area contributed by atoms with Gasteiger partial charge in [0.2, 0.25) is 0 Å². The highest BCUT2D eigenvalue weighted by Crippen LogP contribution is 2.18. The molecule has 1 aromatic heterocycles. The Kier molecular flexibility index (Phi) is 5.68. The van der Waals surface area contributed by atoms with Crippen LogP contribution in [0.2, 0.25) is 0 Å². The Balaban J connectivity index is 1.78. The van der Waals surface area contributed by atoms with Crippen LogP contribution in [0.25, 0.3) is 5.69 Å². The lowest BCUT2D eigenvalue weighted by Gasteiger charge is -2.34. The van der Waals surface area contributed by atoms with E-state index in [0.29, 0.717) is 11.6 Å². The number of carbonyl (C=O) groups excluding carboxylic acids is 1. The van der Waals surface area contributed by atoms with Gasteiger partial charge in [-0.15, -0.1) is 0 Å². The highest BCUT2D eigenvalue weighted by atomic mass is 79.9. The largest absolute Gasteiger partial charge is 0.335 e. The number of nitrogens with zero attached hydrogens (tertiary/aromatic N) is 3. The molecule has 0 atom stereocenters. The summed E-state index contributed by atoms with van der Waals surface area (Å²) in [5.74, 6) is 0.0899. The number of rotatable bonds is 5. The van der Waals surface area contributed by atoms with Crippen molar-refractivity contribution in [1.29, 1.82) is 0 Å². The van der Waals surface area contributed by atoms with Crippen molar-refractivity contribution in [3.05, 3.63) is 46.7 Å². The number of carbonyl (C=O) groups is 1. The summed E-state index contributed by atoms with van der Waals surface area (Å²) in [6, 6.07) is 8.22. The monoisotopic (exact) mass is 390 g/mol. The Morgan fingerprint density at radius 2 is 2.04 bits per heavy atom. The van der Waals surface area contributed by atoms with Gasteiger partial charge in [-0.3, -0.25) is 4.79 Å². The fourth-order valence-electron chi connectivity index (χ4n) is 3.14. The number of benzene rings is 1. The van der Waals surface area contributed by atoms with E-state index in [2.05, 4.69) is 33.3 Å². The summed E-state index contributed by atoms with van der Waals surface area (Å²) < 4.78 is 2.78. The molecule has 1 saturated heterocycles. The van der Waals surface area contributed by atoms with E-state index in [9.17, 15) is 4.79 Å². The van der Waals surface area contributed by atoms with Gasteiger partial charge in [0.25, 0.3) is 5.91 Å². The molecule has 128 valence electrons. The molecule has 0 bridgehead atoms. The molecule has 1 fully saturated rings. The maximum absolute atomic E-state index is 13.0. The minimum atomic E-state index is 0.0899. The predicted octanol–water partition coefficient (Wildman–Crippen LogP) is 3.24. The van der Waals surface area contributed by atoms with Gasteiger partial charge in [0.15, 0.2) is 0 Å². The smallest absolute Gasteiger partial charge is 0.257 e. The molecule has 1 aliphatic rings. The fourth-order valence-corrected chi connectivity index (χ4v) is 3.41. The van der Waals surface area contributed by atoms with E-state index in [4.69, 9.17) is 0 Å². The van der Waals surface area contributed by atoms with Crippen LogP contribution in [0, 0.1) is 0 Å². The van der Waals surface area contributed by atoms with Gasteiger partial charge in [0.05, 0.1) is 17.4 Å². The lowest BCUT2D eigenvalue weighted by atomic mass is 10.0. The van der Waals surface area contributed by atoms with Crippen LogP contribution in [0.1, 0.15) is 36.5 Å². The zero-order chi connectivity index (χ0) is 16.9. The van der Waals surface area contributed by atoms with Gasteiger partial charge in [-0.05, 0) is 56.6 Å². The van der Waals surface area contributed by atoms with E-state index in [1.54, 1.807) is 10.9 Å². The van der Waals surface area contributed by atoms with E-state index < -0.39 is 0 Å². The first-order chi connectivity index (χ1) is 11.7. The molecule has 24 heavy (non-hydrogen) atoms. The summed E-state index contributed by atoms with van der Waals surface area (Å²) in [6.45, 7) is 4.88. The number of piperidine rings is 1. The first kappa shape index (κ1) is 17.2. The summed E-state index contributed by atoms with van der Waals surface area (Å²) in [5.41, 5.74) is 1.60.